The first-order valence-electron chi connectivity index (χ1n) is 7.41. The largest absolute Gasteiger partial charge is 0.330 e. The standard InChI is InChI=1S/C16H26N2OS/c1-3-13-8-7-9-14(4-2)16(13)18-15(19)12-20-11-6-5-10-17/h7-9H,3-6,10-12,17H2,1-2H3,(H,18,19). The van der Waals surface area contributed by atoms with Crippen molar-refractivity contribution in [1.29, 1.82) is 0 Å². The van der Waals surface area contributed by atoms with E-state index in [4.69, 9.17) is 5.73 Å². The molecule has 0 atom stereocenters. The molecule has 0 aliphatic carbocycles. The fourth-order valence-electron chi connectivity index (χ4n) is 2.09. The Morgan fingerprint density at radius 3 is 2.40 bits per heavy atom. The molecule has 0 unspecified atom stereocenters. The van der Waals surface area contributed by atoms with Crippen LogP contribution in [-0.4, -0.2) is 24.0 Å². The molecule has 0 spiro atoms. The zero-order valence-electron chi connectivity index (χ0n) is 12.6. The normalized spacial score (nSPS) is 10.6. The van der Waals surface area contributed by atoms with Gasteiger partial charge in [-0.15, -0.1) is 0 Å². The highest BCUT2D eigenvalue weighted by molar-refractivity contribution is 7.99. The molecular weight excluding hydrogens is 268 g/mol. The summed E-state index contributed by atoms with van der Waals surface area (Å²) < 4.78 is 0. The van der Waals surface area contributed by atoms with Crippen LogP contribution in [0.5, 0.6) is 0 Å². The van der Waals surface area contributed by atoms with Crippen LogP contribution in [0, 0.1) is 0 Å². The van der Waals surface area contributed by atoms with Gasteiger partial charge in [-0.05, 0) is 49.1 Å². The van der Waals surface area contributed by atoms with E-state index in [2.05, 4.69) is 37.4 Å². The van der Waals surface area contributed by atoms with E-state index >= 15 is 0 Å². The molecule has 0 aliphatic heterocycles. The number of nitrogens with one attached hydrogen (secondary N) is 1. The summed E-state index contributed by atoms with van der Waals surface area (Å²) in [7, 11) is 0. The Kier molecular flexibility index (Phi) is 8.38. The van der Waals surface area contributed by atoms with Crippen LogP contribution in [0.3, 0.4) is 0 Å². The quantitative estimate of drug-likeness (QED) is 0.688. The van der Waals surface area contributed by atoms with Crippen molar-refractivity contribution < 1.29 is 4.79 Å². The summed E-state index contributed by atoms with van der Waals surface area (Å²) in [5, 5.41) is 3.09. The van der Waals surface area contributed by atoms with E-state index in [1.54, 1.807) is 11.8 Å². The Bertz CT molecular complexity index is 399. The highest BCUT2D eigenvalue weighted by Crippen LogP contribution is 2.22. The summed E-state index contributed by atoms with van der Waals surface area (Å²) in [6.45, 7) is 4.97. The van der Waals surface area contributed by atoms with Gasteiger partial charge in [0.15, 0.2) is 0 Å². The van der Waals surface area contributed by atoms with Gasteiger partial charge in [0, 0.05) is 5.69 Å². The minimum Gasteiger partial charge on any atom is -0.330 e. The topological polar surface area (TPSA) is 55.1 Å². The number of hydrogen-bond donors (Lipinski definition) is 2. The molecule has 0 heterocycles. The number of nitrogens with two attached hydrogens (primary N) is 1. The number of unbranched alkanes of at least 4 members (excludes halogenated alkanes) is 1. The molecule has 112 valence electrons. The predicted molar refractivity (Wildman–Crippen MR) is 89.4 cm³/mol. The van der Waals surface area contributed by atoms with Crippen LogP contribution < -0.4 is 11.1 Å². The molecule has 3 N–H and O–H groups in total. The fourth-order valence-corrected chi connectivity index (χ4v) is 2.90. The SMILES string of the molecule is CCc1cccc(CC)c1NC(=O)CSCCCCN. The number of hydrogen-bond acceptors (Lipinski definition) is 3. The average molecular weight is 294 g/mol. The van der Waals surface area contributed by atoms with Gasteiger partial charge < -0.3 is 11.1 Å². The van der Waals surface area contributed by atoms with Gasteiger partial charge in [0.25, 0.3) is 0 Å². The third-order valence-corrected chi connectivity index (χ3v) is 4.28. The van der Waals surface area contributed by atoms with Crippen molar-refractivity contribution in [3.63, 3.8) is 0 Å². The molecule has 0 fully saturated rings. The van der Waals surface area contributed by atoms with Crippen LogP contribution in [0.1, 0.15) is 37.8 Å². The maximum absolute atomic E-state index is 12.0. The van der Waals surface area contributed by atoms with E-state index in [9.17, 15) is 4.79 Å². The Morgan fingerprint density at radius 2 is 1.85 bits per heavy atom. The minimum atomic E-state index is 0.0957. The van der Waals surface area contributed by atoms with Crippen molar-refractivity contribution >= 4 is 23.4 Å². The molecule has 1 amide bonds. The number of thioether (sulfide) groups is 1. The second-order valence-corrected chi connectivity index (χ2v) is 5.86. The molecular formula is C16H26N2OS. The number of aryl methyl sites for hydroxylation is 2. The maximum atomic E-state index is 12.0. The zero-order chi connectivity index (χ0) is 14.8. The second-order valence-electron chi connectivity index (χ2n) is 4.75. The van der Waals surface area contributed by atoms with E-state index in [0.29, 0.717) is 5.75 Å². The van der Waals surface area contributed by atoms with Crippen LogP contribution in [-0.2, 0) is 17.6 Å². The fraction of sp³-hybridized carbons (Fsp3) is 0.562. The summed E-state index contributed by atoms with van der Waals surface area (Å²) in [4.78, 5) is 12.0. The zero-order valence-corrected chi connectivity index (χ0v) is 13.4. The molecule has 0 aromatic heterocycles. The lowest BCUT2D eigenvalue weighted by atomic mass is 10.0. The number of carbonyl (C=O) groups is 1. The van der Waals surface area contributed by atoms with Crippen molar-refractivity contribution in [2.75, 3.05) is 23.4 Å². The Balaban J connectivity index is 2.52. The number of para-hydroxylation sites is 1. The third-order valence-electron chi connectivity index (χ3n) is 3.24. The number of rotatable bonds is 9. The first-order valence-corrected chi connectivity index (χ1v) is 8.56. The second kappa shape index (κ2) is 9.83. The van der Waals surface area contributed by atoms with Crippen LogP contribution >= 0.6 is 11.8 Å². The molecule has 0 saturated heterocycles. The van der Waals surface area contributed by atoms with Gasteiger partial charge in [-0.25, -0.2) is 0 Å². The molecule has 0 aliphatic rings. The summed E-state index contributed by atoms with van der Waals surface area (Å²) in [5.41, 5.74) is 8.89. The third kappa shape index (κ3) is 5.55. The molecule has 20 heavy (non-hydrogen) atoms. The Morgan fingerprint density at radius 1 is 1.20 bits per heavy atom. The molecule has 4 heteroatoms. The van der Waals surface area contributed by atoms with Gasteiger partial charge in [-0.1, -0.05) is 32.0 Å². The first-order chi connectivity index (χ1) is 9.72. The van der Waals surface area contributed by atoms with E-state index in [0.717, 1.165) is 43.7 Å². The van der Waals surface area contributed by atoms with Crippen LogP contribution in [0.2, 0.25) is 0 Å². The summed E-state index contributed by atoms with van der Waals surface area (Å²) in [5.74, 6) is 1.62. The van der Waals surface area contributed by atoms with Gasteiger partial charge in [0.1, 0.15) is 0 Å². The summed E-state index contributed by atoms with van der Waals surface area (Å²) >= 11 is 1.68. The smallest absolute Gasteiger partial charge is 0.234 e. The van der Waals surface area contributed by atoms with Gasteiger partial charge in [-0.3, -0.25) is 4.79 Å². The maximum Gasteiger partial charge on any atom is 0.234 e. The van der Waals surface area contributed by atoms with E-state index < -0.39 is 0 Å². The highest BCUT2D eigenvalue weighted by atomic mass is 32.2. The van der Waals surface area contributed by atoms with Gasteiger partial charge in [-0.2, -0.15) is 11.8 Å². The summed E-state index contributed by atoms with van der Waals surface area (Å²) in [6, 6.07) is 6.24. The van der Waals surface area contributed by atoms with Crippen LogP contribution in [0.4, 0.5) is 5.69 Å². The van der Waals surface area contributed by atoms with Gasteiger partial charge in [0.05, 0.1) is 5.75 Å². The van der Waals surface area contributed by atoms with E-state index in [-0.39, 0.29) is 5.91 Å². The molecule has 0 saturated carbocycles. The predicted octanol–water partition coefficient (Wildman–Crippen LogP) is 3.22. The number of amides is 1. The van der Waals surface area contributed by atoms with Crippen molar-refractivity contribution in [3.05, 3.63) is 29.3 Å². The molecule has 1 rings (SSSR count). The van der Waals surface area contributed by atoms with Crippen LogP contribution in [0.25, 0.3) is 0 Å². The summed E-state index contributed by atoms with van der Waals surface area (Å²) in [6.07, 6.45) is 3.99. The Labute approximate surface area is 126 Å². The van der Waals surface area contributed by atoms with E-state index in [1.807, 2.05) is 0 Å². The minimum absolute atomic E-state index is 0.0957. The lowest BCUT2D eigenvalue weighted by Crippen LogP contribution is -2.17. The number of anilines is 1. The Hall–Kier alpha value is -1.000. The monoisotopic (exact) mass is 294 g/mol. The van der Waals surface area contributed by atoms with Crippen LogP contribution in [0.15, 0.2) is 18.2 Å². The number of carbonyl (C=O) groups excluding carboxylic acids is 1. The highest BCUT2D eigenvalue weighted by Gasteiger charge is 2.09. The molecule has 1 aromatic carbocycles. The van der Waals surface area contributed by atoms with Crippen molar-refractivity contribution in [1.82, 2.24) is 0 Å². The van der Waals surface area contributed by atoms with Gasteiger partial charge >= 0.3 is 0 Å². The lowest BCUT2D eigenvalue weighted by molar-refractivity contribution is -0.113. The molecule has 3 nitrogen and oxygen atoms in total. The van der Waals surface area contributed by atoms with Crippen molar-refractivity contribution in [3.8, 4) is 0 Å². The molecule has 0 radical (unpaired) electrons. The molecule has 1 aromatic rings. The molecule has 0 bridgehead atoms. The first kappa shape index (κ1) is 17.1. The van der Waals surface area contributed by atoms with Crippen molar-refractivity contribution in [2.24, 2.45) is 5.73 Å². The number of benzene rings is 1. The van der Waals surface area contributed by atoms with Gasteiger partial charge in [0.2, 0.25) is 5.91 Å². The lowest BCUT2D eigenvalue weighted by Gasteiger charge is -2.14. The van der Waals surface area contributed by atoms with E-state index in [1.165, 1.54) is 11.1 Å². The van der Waals surface area contributed by atoms with Crippen molar-refractivity contribution in [2.45, 2.75) is 39.5 Å². The average Bonchev–Trinajstić information content (AvgIpc) is 2.47.